The molecule has 1 aromatic heterocycles. The van der Waals surface area contributed by atoms with Crippen LogP contribution in [-0.4, -0.2) is 5.71 Å². The first-order valence-electron chi connectivity index (χ1n) is 7.95. The van der Waals surface area contributed by atoms with Gasteiger partial charge in [0.15, 0.2) is 5.43 Å². The van der Waals surface area contributed by atoms with E-state index in [4.69, 9.17) is 4.42 Å². The average Bonchev–Trinajstić information content (AvgIpc) is 2.66. The van der Waals surface area contributed by atoms with E-state index in [9.17, 15) is 4.79 Å². The van der Waals surface area contributed by atoms with Gasteiger partial charge >= 0.3 is 0 Å². The molecule has 0 radical (unpaired) electrons. The molecule has 0 aliphatic rings. The summed E-state index contributed by atoms with van der Waals surface area (Å²) in [5.74, 6) is 0. The Bertz CT molecular complexity index is 999. The van der Waals surface area contributed by atoms with Crippen molar-refractivity contribution in [1.82, 2.24) is 0 Å². The Morgan fingerprint density at radius 3 is 2.64 bits per heavy atom. The number of allylic oxidation sites excluding steroid dienone is 3. The normalized spacial score (nSPS) is 12.3. The van der Waals surface area contributed by atoms with Gasteiger partial charge in [0.05, 0.1) is 22.3 Å². The molecule has 0 saturated carbocycles. The molecule has 124 valence electrons. The van der Waals surface area contributed by atoms with Crippen LogP contribution in [0.5, 0.6) is 0 Å². The van der Waals surface area contributed by atoms with Crippen molar-refractivity contribution in [3.63, 3.8) is 0 Å². The van der Waals surface area contributed by atoms with E-state index in [-0.39, 0.29) is 5.43 Å². The Labute approximate surface area is 145 Å². The second-order valence-electron chi connectivity index (χ2n) is 5.47. The maximum absolute atomic E-state index is 12.3. The molecule has 0 aliphatic heterocycles. The quantitative estimate of drug-likeness (QED) is 0.413. The van der Waals surface area contributed by atoms with E-state index >= 15 is 0 Å². The number of nitrogens with one attached hydrogen (secondary N) is 1. The zero-order chi connectivity index (χ0) is 17.5. The van der Waals surface area contributed by atoms with Crippen molar-refractivity contribution >= 4 is 28.4 Å². The van der Waals surface area contributed by atoms with Gasteiger partial charge in [-0.3, -0.25) is 10.2 Å². The van der Waals surface area contributed by atoms with Crippen molar-refractivity contribution in [2.45, 2.75) is 6.92 Å². The van der Waals surface area contributed by atoms with Crippen LogP contribution in [0.4, 0.5) is 5.69 Å². The highest BCUT2D eigenvalue weighted by atomic mass is 16.3. The minimum absolute atomic E-state index is 0.0392. The molecule has 3 rings (SSSR count). The summed E-state index contributed by atoms with van der Waals surface area (Å²) in [6.45, 7) is 1.89. The highest BCUT2D eigenvalue weighted by Crippen LogP contribution is 2.11. The molecular formula is C21H18N2O2. The van der Waals surface area contributed by atoms with E-state index in [0.29, 0.717) is 16.5 Å². The summed E-state index contributed by atoms with van der Waals surface area (Å²) in [6.07, 6.45) is 8.69. The van der Waals surface area contributed by atoms with Gasteiger partial charge in [-0.05, 0) is 43.3 Å². The smallest absolute Gasteiger partial charge is 0.199 e. The van der Waals surface area contributed by atoms with E-state index in [0.717, 1.165) is 11.4 Å². The molecule has 1 heterocycles. The molecule has 0 unspecified atom stereocenters. The number of rotatable bonds is 5. The van der Waals surface area contributed by atoms with Crippen LogP contribution >= 0.6 is 0 Å². The molecule has 25 heavy (non-hydrogen) atoms. The highest BCUT2D eigenvalue weighted by molar-refractivity contribution is 5.93. The first kappa shape index (κ1) is 16.5. The topological polar surface area (TPSA) is 54.6 Å². The molecule has 0 saturated heterocycles. The predicted octanol–water partition coefficient (Wildman–Crippen LogP) is 4.85. The zero-order valence-corrected chi connectivity index (χ0v) is 13.8. The zero-order valence-electron chi connectivity index (χ0n) is 13.8. The Morgan fingerprint density at radius 2 is 1.80 bits per heavy atom. The second-order valence-corrected chi connectivity index (χ2v) is 5.47. The standard InChI is InChI=1S/C21H18N2O2/c1-16(22-23-18-11-3-2-4-12-18)9-5-6-10-17-15-25-20-14-8-7-13-19(20)21(17)24/h2-15,23H,1H3/b9-5+,10-6+,22-16+. The number of nitrogens with zero attached hydrogens (tertiary/aromatic N) is 1. The molecule has 2 aromatic carbocycles. The fourth-order valence-corrected chi connectivity index (χ4v) is 2.26. The molecule has 0 atom stereocenters. The molecule has 3 aromatic rings. The van der Waals surface area contributed by atoms with Crippen molar-refractivity contribution in [3.05, 3.63) is 94.9 Å². The summed E-state index contributed by atoms with van der Waals surface area (Å²) >= 11 is 0. The van der Waals surface area contributed by atoms with Crippen LogP contribution < -0.4 is 10.9 Å². The van der Waals surface area contributed by atoms with Crippen LogP contribution in [0.15, 0.2) is 93.4 Å². The van der Waals surface area contributed by atoms with Gasteiger partial charge in [-0.1, -0.05) is 42.5 Å². The molecular weight excluding hydrogens is 312 g/mol. The van der Waals surface area contributed by atoms with Crippen LogP contribution in [-0.2, 0) is 0 Å². The molecule has 0 amide bonds. The lowest BCUT2D eigenvalue weighted by Crippen LogP contribution is -2.04. The van der Waals surface area contributed by atoms with E-state index in [1.165, 1.54) is 6.26 Å². The molecule has 1 N–H and O–H groups in total. The van der Waals surface area contributed by atoms with E-state index in [2.05, 4.69) is 10.5 Å². The largest absolute Gasteiger partial charge is 0.463 e. The van der Waals surface area contributed by atoms with Crippen LogP contribution in [0.3, 0.4) is 0 Å². The van der Waals surface area contributed by atoms with Crippen LogP contribution in [0, 0.1) is 0 Å². The van der Waals surface area contributed by atoms with Crippen molar-refractivity contribution in [3.8, 4) is 0 Å². The van der Waals surface area contributed by atoms with Gasteiger partial charge in [0.1, 0.15) is 11.8 Å². The van der Waals surface area contributed by atoms with Gasteiger partial charge in [0.2, 0.25) is 0 Å². The average molecular weight is 330 g/mol. The summed E-state index contributed by atoms with van der Waals surface area (Å²) in [5.41, 5.74) is 5.80. The first-order chi connectivity index (χ1) is 12.2. The predicted molar refractivity (Wildman–Crippen MR) is 104 cm³/mol. The van der Waals surface area contributed by atoms with Crippen molar-refractivity contribution in [2.24, 2.45) is 5.10 Å². The fourth-order valence-electron chi connectivity index (χ4n) is 2.26. The Balaban J connectivity index is 1.67. The summed E-state index contributed by atoms with van der Waals surface area (Å²) in [7, 11) is 0. The number of hydrogen-bond donors (Lipinski definition) is 1. The lowest BCUT2D eigenvalue weighted by Gasteiger charge is -1.99. The summed E-state index contributed by atoms with van der Waals surface area (Å²) < 4.78 is 5.48. The summed E-state index contributed by atoms with van der Waals surface area (Å²) in [5, 5.41) is 4.85. The molecule has 4 heteroatoms. The van der Waals surface area contributed by atoms with Crippen LogP contribution in [0.1, 0.15) is 12.5 Å². The van der Waals surface area contributed by atoms with Gasteiger partial charge in [-0.25, -0.2) is 0 Å². The highest BCUT2D eigenvalue weighted by Gasteiger charge is 2.02. The number of anilines is 1. The van der Waals surface area contributed by atoms with E-state index in [1.807, 2.05) is 61.5 Å². The molecule has 0 fully saturated rings. The van der Waals surface area contributed by atoms with Crippen molar-refractivity contribution in [1.29, 1.82) is 0 Å². The Kier molecular flexibility index (Phi) is 5.22. The maximum Gasteiger partial charge on any atom is 0.199 e. The number of hydrazone groups is 1. The van der Waals surface area contributed by atoms with Crippen LogP contribution in [0.2, 0.25) is 0 Å². The van der Waals surface area contributed by atoms with Crippen LogP contribution in [0.25, 0.3) is 17.0 Å². The van der Waals surface area contributed by atoms with E-state index < -0.39 is 0 Å². The number of fused-ring (bicyclic) bond motifs is 1. The lowest BCUT2D eigenvalue weighted by molar-refractivity contribution is 0.601. The maximum atomic E-state index is 12.3. The lowest BCUT2D eigenvalue weighted by atomic mass is 10.1. The molecule has 0 bridgehead atoms. The third-order valence-electron chi connectivity index (χ3n) is 3.57. The Hall–Kier alpha value is -3.40. The minimum atomic E-state index is -0.0392. The number of hydrogen-bond acceptors (Lipinski definition) is 4. The molecule has 4 nitrogen and oxygen atoms in total. The number of para-hydroxylation sites is 2. The molecule has 0 spiro atoms. The monoisotopic (exact) mass is 330 g/mol. The Morgan fingerprint density at radius 1 is 1.04 bits per heavy atom. The summed E-state index contributed by atoms with van der Waals surface area (Å²) in [6, 6.07) is 16.9. The van der Waals surface area contributed by atoms with Gasteiger partial charge in [-0.15, -0.1) is 0 Å². The molecule has 0 aliphatic carbocycles. The van der Waals surface area contributed by atoms with E-state index in [1.54, 1.807) is 24.3 Å². The van der Waals surface area contributed by atoms with Crippen molar-refractivity contribution in [2.75, 3.05) is 5.43 Å². The summed E-state index contributed by atoms with van der Waals surface area (Å²) in [4.78, 5) is 12.3. The third kappa shape index (κ3) is 4.32. The SMILES string of the molecule is CC(/C=C/C=C/c1coc2ccccc2c1=O)=N\Nc1ccccc1. The van der Waals surface area contributed by atoms with Gasteiger partial charge < -0.3 is 4.42 Å². The van der Waals surface area contributed by atoms with Crippen molar-refractivity contribution < 1.29 is 4.42 Å². The fraction of sp³-hybridized carbons (Fsp3) is 0.0476. The minimum Gasteiger partial charge on any atom is -0.463 e. The van der Waals surface area contributed by atoms with Gasteiger partial charge in [0, 0.05) is 0 Å². The first-order valence-corrected chi connectivity index (χ1v) is 7.95. The second kappa shape index (κ2) is 7.93. The van der Waals surface area contributed by atoms with Gasteiger partial charge in [-0.2, -0.15) is 5.10 Å². The third-order valence-corrected chi connectivity index (χ3v) is 3.57. The number of benzene rings is 2. The van der Waals surface area contributed by atoms with Gasteiger partial charge in [0.25, 0.3) is 0 Å².